The van der Waals surface area contributed by atoms with Crippen molar-refractivity contribution in [3.63, 3.8) is 0 Å². The second-order valence-corrected chi connectivity index (χ2v) is 15.3. The molecule has 13 heteroatoms. The lowest BCUT2D eigenvalue weighted by Crippen LogP contribution is -2.53. The van der Waals surface area contributed by atoms with E-state index >= 15 is 0 Å². The van der Waals surface area contributed by atoms with E-state index < -0.39 is 22.6 Å². The number of amides is 2. The fourth-order valence-corrected chi connectivity index (χ4v) is 6.96. The summed E-state index contributed by atoms with van der Waals surface area (Å²) >= 11 is 2.91. The van der Waals surface area contributed by atoms with Crippen molar-refractivity contribution in [1.82, 2.24) is 19.8 Å². The zero-order chi connectivity index (χ0) is 34.7. The minimum atomic E-state index is -1.32. The molecular formula is C34H45BrF2N4O6. The molecule has 2 aromatic heterocycles. The van der Waals surface area contributed by atoms with E-state index in [1.165, 1.54) is 30.6 Å². The lowest BCUT2D eigenvalue weighted by atomic mass is 9.83. The molecule has 4 saturated heterocycles. The maximum Gasteiger partial charge on any atom is 0.410 e. The smallest absolute Gasteiger partial charge is 0.410 e. The summed E-state index contributed by atoms with van der Waals surface area (Å²) in [5.74, 6) is -0.542. The average molecular weight is 724 g/mol. The highest BCUT2D eigenvalue weighted by Crippen LogP contribution is 2.46. The Kier molecular flexibility index (Phi) is 11.3. The highest BCUT2D eigenvalue weighted by atomic mass is 79.9. The average Bonchev–Trinajstić information content (AvgIpc) is 3.40. The van der Waals surface area contributed by atoms with Gasteiger partial charge in [0.1, 0.15) is 38.7 Å². The van der Waals surface area contributed by atoms with Gasteiger partial charge in [0.15, 0.2) is 5.82 Å². The van der Waals surface area contributed by atoms with Crippen LogP contribution in [0.3, 0.4) is 0 Å². The number of ketones is 1. The molecule has 4 aliphatic heterocycles. The third-order valence-electron chi connectivity index (χ3n) is 8.43. The molecular weight excluding hydrogens is 678 g/mol. The molecule has 0 radical (unpaired) electrons. The van der Waals surface area contributed by atoms with Crippen LogP contribution < -0.4 is 0 Å². The lowest BCUT2D eigenvalue weighted by molar-refractivity contribution is -0.123. The first-order valence-electron chi connectivity index (χ1n) is 16.0. The van der Waals surface area contributed by atoms with Gasteiger partial charge in [-0.3, -0.25) is 9.78 Å². The molecule has 47 heavy (non-hydrogen) atoms. The molecule has 0 saturated carbocycles. The first kappa shape index (κ1) is 36.6. The number of hydrogen-bond acceptors (Lipinski definition) is 8. The van der Waals surface area contributed by atoms with Crippen molar-refractivity contribution in [1.29, 1.82) is 0 Å². The lowest BCUT2D eigenvalue weighted by Gasteiger charge is -2.43. The van der Waals surface area contributed by atoms with Crippen LogP contribution >= 0.6 is 15.9 Å². The monoisotopic (exact) mass is 722 g/mol. The minimum absolute atomic E-state index is 0.0840. The van der Waals surface area contributed by atoms with Crippen molar-refractivity contribution in [3.05, 3.63) is 58.6 Å². The molecule has 2 amide bonds. The van der Waals surface area contributed by atoms with E-state index in [4.69, 9.17) is 9.47 Å². The molecule has 4 atom stereocenters. The molecule has 2 aromatic rings. The molecule has 1 N–H and O–H groups in total. The van der Waals surface area contributed by atoms with E-state index in [0.29, 0.717) is 12.8 Å². The van der Waals surface area contributed by atoms with Gasteiger partial charge < -0.3 is 24.4 Å². The van der Waals surface area contributed by atoms with Crippen LogP contribution in [0.25, 0.3) is 0 Å². The number of halogens is 3. The summed E-state index contributed by atoms with van der Waals surface area (Å²) in [6, 6.07) is 5.58. The maximum absolute atomic E-state index is 14.0. The van der Waals surface area contributed by atoms with Crippen LogP contribution in [0.5, 0.6) is 0 Å². The van der Waals surface area contributed by atoms with Crippen LogP contribution in [0.15, 0.2) is 41.3 Å². The zero-order valence-corrected chi connectivity index (χ0v) is 29.4. The fraction of sp³-hybridized carbons (Fsp3) is 0.618. The predicted octanol–water partition coefficient (Wildman–Crippen LogP) is 7.07. The third-order valence-corrected chi connectivity index (χ3v) is 9.02. The van der Waals surface area contributed by atoms with Crippen LogP contribution in [-0.2, 0) is 19.9 Å². The minimum Gasteiger partial charge on any atom is -0.444 e. The molecule has 6 heterocycles. The Hall–Kier alpha value is -3.19. The Bertz CT molecular complexity index is 1400. The van der Waals surface area contributed by atoms with Gasteiger partial charge in [0.25, 0.3) is 0 Å². The summed E-state index contributed by atoms with van der Waals surface area (Å²) in [6.45, 7) is 11.1. The van der Waals surface area contributed by atoms with Gasteiger partial charge in [0, 0.05) is 62.2 Å². The zero-order valence-electron chi connectivity index (χ0n) is 27.8. The molecule has 4 bridgehead atoms. The molecule has 0 aliphatic carbocycles. The number of carbonyl (C=O) groups is 3. The number of ether oxygens (including phenoxy) is 2. The van der Waals surface area contributed by atoms with Crippen molar-refractivity contribution >= 4 is 33.9 Å². The van der Waals surface area contributed by atoms with Gasteiger partial charge in [-0.1, -0.05) is 0 Å². The van der Waals surface area contributed by atoms with Crippen molar-refractivity contribution in [3.8, 4) is 0 Å². The number of carbonyl (C=O) groups excluding carboxylic acids is 3. The Labute approximate surface area is 283 Å². The number of aliphatic hydroxyl groups is 1. The van der Waals surface area contributed by atoms with E-state index in [-0.39, 0.29) is 71.1 Å². The summed E-state index contributed by atoms with van der Waals surface area (Å²) in [5.41, 5.74) is -2.26. The number of rotatable bonds is 1. The number of Topliss-reactive ketones (excluding diaryl/α,β-unsaturated/α-hetero) is 1. The second-order valence-electron chi connectivity index (χ2n) is 14.5. The molecule has 10 nitrogen and oxygen atoms in total. The molecule has 258 valence electrons. The maximum atomic E-state index is 14.0. The van der Waals surface area contributed by atoms with Gasteiger partial charge >= 0.3 is 12.2 Å². The summed E-state index contributed by atoms with van der Waals surface area (Å²) in [7, 11) is 0. The van der Waals surface area contributed by atoms with Crippen LogP contribution in [0.1, 0.15) is 98.6 Å². The van der Waals surface area contributed by atoms with Crippen molar-refractivity contribution < 1.29 is 37.7 Å². The summed E-state index contributed by atoms with van der Waals surface area (Å²) in [6.07, 6.45) is 7.46. The van der Waals surface area contributed by atoms with Crippen molar-refractivity contribution in [2.75, 3.05) is 0 Å². The van der Waals surface area contributed by atoms with Crippen molar-refractivity contribution in [2.24, 2.45) is 0 Å². The molecule has 4 unspecified atom stereocenters. The molecule has 4 aliphatic rings. The van der Waals surface area contributed by atoms with E-state index in [0.717, 1.165) is 25.7 Å². The summed E-state index contributed by atoms with van der Waals surface area (Å²) in [4.78, 5) is 47.0. The van der Waals surface area contributed by atoms with Crippen molar-refractivity contribution in [2.45, 2.75) is 134 Å². The molecule has 6 rings (SSSR count). The highest BCUT2D eigenvalue weighted by Gasteiger charge is 2.52. The molecule has 0 aromatic carbocycles. The number of aromatic nitrogens is 2. The van der Waals surface area contributed by atoms with Crippen LogP contribution in [0.2, 0.25) is 0 Å². The second kappa shape index (κ2) is 14.5. The first-order chi connectivity index (χ1) is 21.9. The topological polar surface area (TPSA) is 122 Å². The number of nitrogens with zero attached hydrogens (tertiary/aromatic N) is 4. The van der Waals surface area contributed by atoms with Gasteiger partial charge in [0.2, 0.25) is 0 Å². The Morgan fingerprint density at radius 3 is 1.64 bits per heavy atom. The molecule has 0 spiro atoms. The van der Waals surface area contributed by atoms with Crippen LogP contribution in [-0.4, -0.2) is 78.2 Å². The summed E-state index contributed by atoms with van der Waals surface area (Å²) < 4.78 is 37.4. The van der Waals surface area contributed by atoms with Gasteiger partial charge in [0.05, 0.1) is 0 Å². The quantitative estimate of drug-likeness (QED) is 0.310. The Morgan fingerprint density at radius 2 is 1.23 bits per heavy atom. The van der Waals surface area contributed by atoms with E-state index in [1.54, 1.807) is 15.9 Å². The normalized spacial score (nSPS) is 26.5. The van der Waals surface area contributed by atoms with Gasteiger partial charge in [-0.25, -0.2) is 23.4 Å². The number of pyridine rings is 2. The standard InChI is InChI=1S/C17H23FN2O3.C12H19NO3.C5H3BrFN/c1-16(2,3)23-15(21)20-11-6-7-12(20)10-17(22,9-11)14-13(18)5-4-8-19-14;1-12(2,3)16-11(15)13-8-4-5-9(13)7-10(14)6-8;6-5-4(7)2-1-3-8-5/h4-5,8,11-12,22H,6-7,9-10H2,1-3H3;8-9H,4-7H2,1-3H3;1-3H. The van der Waals surface area contributed by atoms with E-state index in [9.17, 15) is 28.3 Å². The SMILES string of the molecule is CC(C)(C)OC(=O)N1C2CCC1CC(=O)C2.CC(C)(C)OC(=O)N1C2CCC1CC(O)(c1ncccc1F)C2.Fc1cccnc1Br. The molecule has 4 fully saturated rings. The van der Waals surface area contributed by atoms with Crippen LogP contribution in [0, 0.1) is 11.6 Å². The first-order valence-corrected chi connectivity index (χ1v) is 16.8. The number of hydrogen-bond donors (Lipinski definition) is 1. The Morgan fingerprint density at radius 1 is 0.809 bits per heavy atom. The van der Waals surface area contributed by atoms with E-state index in [2.05, 4.69) is 25.9 Å². The third kappa shape index (κ3) is 9.46. The predicted molar refractivity (Wildman–Crippen MR) is 173 cm³/mol. The van der Waals surface area contributed by atoms with E-state index in [1.807, 2.05) is 41.5 Å². The largest absolute Gasteiger partial charge is 0.444 e. The fourth-order valence-electron chi connectivity index (χ4n) is 6.71. The highest BCUT2D eigenvalue weighted by molar-refractivity contribution is 9.10. The van der Waals surface area contributed by atoms with Crippen LogP contribution in [0.4, 0.5) is 18.4 Å². The van der Waals surface area contributed by atoms with Gasteiger partial charge in [-0.05, 0) is 107 Å². The van der Waals surface area contributed by atoms with Gasteiger partial charge in [-0.2, -0.15) is 0 Å². The number of fused-ring (bicyclic) bond motifs is 4. The number of piperidine rings is 2. The van der Waals surface area contributed by atoms with Gasteiger partial charge in [-0.15, -0.1) is 0 Å². The Balaban J connectivity index is 0.000000180. The summed E-state index contributed by atoms with van der Waals surface area (Å²) in [5, 5.41) is 11.0.